The van der Waals surface area contributed by atoms with Gasteiger partial charge in [-0.15, -0.1) is 0 Å². The Labute approximate surface area is 301 Å². The van der Waals surface area contributed by atoms with Gasteiger partial charge in [0.05, 0.1) is 0 Å². The van der Waals surface area contributed by atoms with Gasteiger partial charge >= 0.3 is 0 Å². The minimum atomic E-state index is -0.872. The fraction of sp³-hybridized carbons (Fsp3) is 0.850. The fourth-order valence-corrected chi connectivity index (χ4v) is 10.4. The molecule has 0 bridgehead atoms. The van der Waals surface area contributed by atoms with Crippen LogP contribution in [0.4, 0.5) is 0 Å². The van der Waals surface area contributed by atoms with E-state index in [1.54, 1.807) is 4.90 Å². The van der Waals surface area contributed by atoms with E-state index in [0.29, 0.717) is 25.3 Å². The summed E-state index contributed by atoms with van der Waals surface area (Å²) in [7, 11) is 0. The average Bonchev–Trinajstić information content (AvgIpc) is 3.21. The predicted octanol–water partition coefficient (Wildman–Crippen LogP) is 4.87. The van der Waals surface area contributed by atoms with Gasteiger partial charge in [-0.2, -0.15) is 0 Å². The Morgan fingerprint density at radius 2 is 1.48 bits per heavy atom. The molecule has 2 saturated heterocycles. The van der Waals surface area contributed by atoms with E-state index in [1.807, 2.05) is 41.5 Å². The number of amides is 4. The van der Waals surface area contributed by atoms with Gasteiger partial charge in [-0.3, -0.25) is 24.1 Å². The quantitative estimate of drug-likeness (QED) is 0.230. The van der Waals surface area contributed by atoms with Crippen molar-refractivity contribution in [2.45, 2.75) is 163 Å². The highest BCUT2D eigenvalue weighted by atomic mass is 16.2. The second kappa shape index (κ2) is 13.7. The molecular weight excluding hydrogens is 628 g/mol. The zero-order valence-electron chi connectivity index (χ0n) is 32.7. The molecule has 0 aromatic carbocycles. The van der Waals surface area contributed by atoms with E-state index in [-0.39, 0.29) is 40.0 Å². The maximum Gasteiger partial charge on any atom is 0.246 e. The largest absolute Gasteiger partial charge is 0.376 e. The smallest absolute Gasteiger partial charge is 0.246 e. The van der Waals surface area contributed by atoms with Crippen molar-refractivity contribution in [2.75, 3.05) is 19.6 Å². The third kappa shape index (κ3) is 6.71. The van der Waals surface area contributed by atoms with Crippen molar-refractivity contribution in [3.05, 3.63) is 12.3 Å². The first-order valence-electron chi connectivity index (χ1n) is 19.6. The SMILES string of the molecule is C=C(NC(C(=O)N[C@@H](C(=O)N1CC2(C[C@H]1C(=O)N[C@H](CC1CCC1)C(N)=O)C(C)(C)C21CCC1)C(C)(C)C)C(C)(C)C)[C@H]1CCCCN1CC. The minimum absolute atomic E-state index is 0.0194. The lowest BCUT2D eigenvalue weighted by molar-refractivity contribution is -0.145. The van der Waals surface area contributed by atoms with Crippen molar-refractivity contribution in [2.24, 2.45) is 38.7 Å². The molecule has 5 rings (SSSR count). The van der Waals surface area contributed by atoms with Crippen LogP contribution in [0.5, 0.6) is 0 Å². The molecule has 5 fully saturated rings. The average molecular weight is 697 g/mol. The van der Waals surface area contributed by atoms with Crippen molar-refractivity contribution in [1.29, 1.82) is 0 Å². The number of nitrogens with zero attached hydrogens (tertiary/aromatic N) is 2. The summed E-state index contributed by atoms with van der Waals surface area (Å²) in [5.74, 6) is -0.962. The standard InChI is InChI=1S/C40H68N6O4/c1-11-45-21-13-12-18-28(45)25(2)42-30(36(3,4)5)34(49)44-31(37(6,7)8)35(50)46-24-40(38(9,10)39(40)19-15-20-39)23-29(46)33(48)43-27(32(41)47)22-26-16-14-17-26/h26-31,42H,2,11-24H2,1,3-10H3,(H2,41,47)(H,43,48)(H,44,49)/t27-,28-,29+,30?,31+,40?/m1/s1. The molecule has 2 unspecified atom stereocenters. The Balaban J connectivity index is 1.40. The van der Waals surface area contributed by atoms with Crippen molar-refractivity contribution in [3.63, 3.8) is 0 Å². The second-order valence-corrected chi connectivity index (χ2v) is 19.2. The maximum atomic E-state index is 15.0. The number of nitrogens with one attached hydrogen (secondary N) is 3. The molecule has 2 heterocycles. The van der Waals surface area contributed by atoms with Gasteiger partial charge in [0, 0.05) is 23.7 Å². The molecule has 0 aromatic rings. The summed E-state index contributed by atoms with van der Waals surface area (Å²) in [5, 5.41) is 9.71. The molecule has 4 amide bonds. The van der Waals surface area contributed by atoms with Crippen LogP contribution in [0.1, 0.15) is 133 Å². The van der Waals surface area contributed by atoms with E-state index >= 15 is 0 Å². The maximum absolute atomic E-state index is 15.0. The number of likely N-dealkylation sites (N-methyl/N-ethyl adjacent to an activating group) is 1. The molecule has 2 spiro atoms. The number of carbonyl (C=O) groups is 4. The van der Waals surface area contributed by atoms with Crippen LogP contribution in [0.25, 0.3) is 0 Å². The Hall–Kier alpha value is -2.62. The Kier molecular flexibility index (Phi) is 10.6. The van der Waals surface area contributed by atoms with Crippen LogP contribution in [-0.4, -0.2) is 83.3 Å². The van der Waals surface area contributed by atoms with Gasteiger partial charge in [0.1, 0.15) is 24.2 Å². The van der Waals surface area contributed by atoms with E-state index in [2.05, 4.69) is 48.2 Å². The predicted molar refractivity (Wildman–Crippen MR) is 197 cm³/mol. The zero-order chi connectivity index (χ0) is 37.0. The van der Waals surface area contributed by atoms with Crippen molar-refractivity contribution < 1.29 is 19.2 Å². The lowest BCUT2D eigenvalue weighted by atomic mass is 9.73. The van der Waals surface area contributed by atoms with Crippen LogP contribution in [0.15, 0.2) is 12.3 Å². The van der Waals surface area contributed by atoms with Gasteiger partial charge in [-0.25, -0.2) is 0 Å². The van der Waals surface area contributed by atoms with E-state index in [4.69, 9.17) is 5.73 Å². The summed E-state index contributed by atoms with van der Waals surface area (Å²) in [4.78, 5) is 60.3. The Morgan fingerprint density at radius 3 is 1.96 bits per heavy atom. The van der Waals surface area contributed by atoms with Crippen molar-refractivity contribution >= 4 is 23.6 Å². The topological polar surface area (TPSA) is 137 Å². The molecular formula is C40H68N6O4. The summed E-state index contributed by atoms with van der Waals surface area (Å²) < 4.78 is 0. The molecule has 10 nitrogen and oxygen atoms in total. The second-order valence-electron chi connectivity index (χ2n) is 19.2. The number of fused-ring (bicyclic) bond motifs is 1. The van der Waals surface area contributed by atoms with Gasteiger partial charge < -0.3 is 26.6 Å². The van der Waals surface area contributed by atoms with Crippen molar-refractivity contribution in [1.82, 2.24) is 25.8 Å². The molecule has 282 valence electrons. The van der Waals surface area contributed by atoms with E-state index in [9.17, 15) is 19.2 Å². The van der Waals surface area contributed by atoms with Gasteiger partial charge in [0.2, 0.25) is 23.6 Å². The Bertz CT molecular complexity index is 1340. The lowest BCUT2D eigenvalue weighted by Gasteiger charge is -2.41. The summed E-state index contributed by atoms with van der Waals surface area (Å²) >= 11 is 0. The van der Waals surface area contributed by atoms with Gasteiger partial charge in [0.15, 0.2) is 0 Å². The van der Waals surface area contributed by atoms with Crippen LogP contribution in [-0.2, 0) is 19.2 Å². The molecule has 6 atom stereocenters. The first-order valence-corrected chi connectivity index (χ1v) is 19.6. The number of hydrogen-bond donors (Lipinski definition) is 4. The number of likely N-dealkylation sites (tertiary alicyclic amines) is 2. The number of carbonyl (C=O) groups excluding carboxylic acids is 4. The van der Waals surface area contributed by atoms with Crippen LogP contribution in [0.3, 0.4) is 0 Å². The third-order valence-electron chi connectivity index (χ3n) is 14.1. The number of rotatable bonds is 12. The molecule has 0 radical (unpaired) electrons. The summed E-state index contributed by atoms with van der Waals surface area (Å²) in [5.41, 5.74) is 5.45. The summed E-state index contributed by atoms with van der Waals surface area (Å²) in [6.45, 7) is 25.5. The molecule has 10 heteroatoms. The van der Waals surface area contributed by atoms with E-state index in [1.165, 1.54) is 0 Å². The van der Waals surface area contributed by atoms with Crippen LogP contribution >= 0.6 is 0 Å². The molecule has 0 aromatic heterocycles. The molecule has 5 N–H and O–H groups in total. The Morgan fingerprint density at radius 1 is 0.840 bits per heavy atom. The van der Waals surface area contributed by atoms with E-state index < -0.39 is 40.9 Å². The number of piperidine rings is 1. The minimum Gasteiger partial charge on any atom is -0.376 e. The normalized spacial score (nSPS) is 29.3. The van der Waals surface area contributed by atoms with Gasteiger partial charge in [-0.05, 0) is 79.2 Å². The summed E-state index contributed by atoms with van der Waals surface area (Å²) in [6.07, 6.45) is 10.9. The van der Waals surface area contributed by atoms with Crippen LogP contribution in [0, 0.1) is 33.0 Å². The number of primary amides is 1. The lowest BCUT2D eigenvalue weighted by Crippen LogP contribution is -2.62. The molecule has 3 aliphatic carbocycles. The van der Waals surface area contributed by atoms with E-state index in [0.717, 1.165) is 76.6 Å². The molecule has 50 heavy (non-hydrogen) atoms. The van der Waals surface area contributed by atoms with Crippen LogP contribution < -0.4 is 21.7 Å². The molecule has 2 aliphatic heterocycles. The first-order chi connectivity index (χ1) is 23.2. The van der Waals surface area contributed by atoms with Gasteiger partial charge in [0.25, 0.3) is 0 Å². The summed E-state index contributed by atoms with van der Waals surface area (Å²) in [6, 6.07) is -2.84. The highest BCUT2D eigenvalue weighted by molar-refractivity contribution is 5.96. The van der Waals surface area contributed by atoms with Gasteiger partial charge in [-0.1, -0.05) is 101 Å². The third-order valence-corrected chi connectivity index (χ3v) is 14.1. The fourth-order valence-electron chi connectivity index (χ4n) is 10.4. The highest BCUT2D eigenvalue weighted by Crippen LogP contribution is 2.88. The monoisotopic (exact) mass is 697 g/mol. The first kappa shape index (κ1) is 38.6. The number of hydrogen-bond acceptors (Lipinski definition) is 6. The van der Waals surface area contributed by atoms with Crippen molar-refractivity contribution in [3.8, 4) is 0 Å². The number of nitrogens with two attached hydrogens (primary N) is 1. The highest BCUT2D eigenvalue weighted by Gasteiger charge is 2.85. The van der Waals surface area contributed by atoms with Crippen LogP contribution in [0.2, 0.25) is 0 Å². The zero-order valence-corrected chi connectivity index (χ0v) is 32.7. The molecule has 3 saturated carbocycles. The molecule has 5 aliphatic rings.